The summed E-state index contributed by atoms with van der Waals surface area (Å²) in [5.74, 6) is 0.481. The quantitative estimate of drug-likeness (QED) is 0.844. The molecule has 6 nitrogen and oxygen atoms in total. The highest BCUT2D eigenvalue weighted by Gasteiger charge is 2.26. The van der Waals surface area contributed by atoms with Gasteiger partial charge in [-0.1, -0.05) is 11.6 Å². The van der Waals surface area contributed by atoms with Crippen molar-refractivity contribution in [3.8, 4) is 11.9 Å². The van der Waals surface area contributed by atoms with E-state index >= 15 is 0 Å². The van der Waals surface area contributed by atoms with Crippen molar-refractivity contribution in [3.05, 3.63) is 53.2 Å². The number of ether oxygens (including phenoxy) is 1. The first-order chi connectivity index (χ1) is 12.5. The van der Waals surface area contributed by atoms with Crippen LogP contribution in [-0.2, 0) is 10.0 Å². The molecule has 3 rings (SSSR count). The van der Waals surface area contributed by atoms with Gasteiger partial charge in [0.15, 0.2) is 0 Å². The molecule has 2 aromatic rings. The van der Waals surface area contributed by atoms with E-state index in [1.807, 2.05) is 6.07 Å². The molecular formula is C18H18ClN3O3S. The second-order valence-corrected chi connectivity index (χ2v) is 8.31. The lowest BCUT2D eigenvalue weighted by Crippen LogP contribution is -2.39. The lowest BCUT2D eigenvalue weighted by atomic mass is 9.94. The van der Waals surface area contributed by atoms with Crippen molar-refractivity contribution in [2.45, 2.75) is 42.7 Å². The average molecular weight is 392 g/mol. The lowest BCUT2D eigenvalue weighted by molar-refractivity contribution is 0.138. The molecule has 0 unspecified atom stereocenters. The van der Waals surface area contributed by atoms with Crippen LogP contribution in [0.3, 0.4) is 0 Å². The van der Waals surface area contributed by atoms with Gasteiger partial charge in [-0.2, -0.15) is 5.26 Å². The van der Waals surface area contributed by atoms with E-state index in [1.54, 1.807) is 24.3 Å². The fourth-order valence-corrected chi connectivity index (χ4v) is 4.32. The molecule has 1 aliphatic rings. The van der Waals surface area contributed by atoms with E-state index in [0.717, 1.165) is 12.8 Å². The molecule has 1 N–H and O–H groups in total. The number of sulfonamides is 1. The smallest absolute Gasteiger partial charge is 0.240 e. The van der Waals surface area contributed by atoms with E-state index < -0.39 is 10.0 Å². The summed E-state index contributed by atoms with van der Waals surface area (Å²) in [6.07, 6.45) is 4.31. The van der Waals surface area contributed by atoms with Crippen LogP contribution in [0.1, 0.15) is 31.2 Å². The van der Waals surface area contributed by atoms with Gasteiger partial charge in [0.2, 0.25) is 15.9 Å². The van der Waals surface area contributed by atoms with Crippen molar-refractivity contribution in [3.63, 3.8) is 0 Å². The molecule has 8 heteroatoms. The number of nitrogens with one attached hydrogen (secondary N) is 1. The van der Waals surface area contributed by atoms with Gasteiger partial charge in [-0.05, 0) is 56.0 Å². The Morgan fingerprint density at radius 1 is 1.12 bits per heavy atom. The van der Waals surface area contributed by atoms with Crippen LogP contribution in [0.5, 0.6) is 5.88 Å². The van der Waals surface area contributed by atoms with Crippen LogP contribution < -0.4 is 9.46 Å². The number of hydrogen-bond donors (Lipinski definition) is 1. The standard InChI is InChI=1S/C18H18ClN3O3S/c19-14-2-8-17(9-3-14)26(23,24)22-15-4-6-16(7-5-15)25-18-10-1-13(11-20)12-21-18/h1-3,8-10,12,15-16,22H,4-7H2. The molecule has 1 fully saturated rings. The highest BCUT2D eigenvalue weighted by Crippen LogP contribution is 2.24. The largest absolute Gasteiger partial charge is 0.474 e. The van der Waals surface area contributed by atoms with Gasteiger partial charge in [0, 0.05) is 23.3 Å². The topological polar surface area (TPSA) is 92.1 Å². The molecule has 1 aromatic heterocycles. The van der Waals surface area contributed by atoms with Gasteiger partial charge in [0.1, 0.15) is 12.2 Å². The molecule has 0 atom stereocenters. The van der Waals surface area contributed by atoms with Crippen molar-refractivity contribution < 1.29 is 13.2 Å². The van der Waals surface area contributed by atoms with Gasteiger partial charge in [-0.25, -0.2) is 18.1 Å². The number of hydrogen-bond acceptors (Lipinski definition) is 5. The van der Waals surface area contributed by atoms with Crippen LogP contribution in [0.15, 0.2) is 47.5 Å². The lowest BCUT2D eigenvalue weighted by Gasteiger charge is -2.29. The third-order valence-corrected chi connectivity index (χ3v) is 6.06. The highest BCUT2D eigenvalue weighted by molar-refractivity contribution is 7.89. The van der Waals surface area contributed by atoms with Gasteiger partial charge in [0.25, 0.3) is 0 Å². The summed E-state index contributed by atoms with van der Waals surface area (Å²) in [6.45, 7) is 0. The second-order valence-electron chi connectivity index (χ2n) is 6.16. The zero-order valence-electron chi connectivity index (χ0n) is 13.9. The van der Waals surface area contributed by atoms with E-state index in [9.17, 15) is 8.42 Å². The monoisotopic (exact) mass is 391 g/mol. The van der Waals surface area contributed by atoms with E-state index in [4.69, 9.17) is 21.6 Å². The second kappa shape index (κ2) is 8.04. The number of halogens is 1. The van der Waals surface area contributed by atoms with Gasteiger partial charge >= 0.3 is 0 Å². The number of nitriles is 1. The van der Waals surface area contributed by atoms with Gasteiger partial charge in [0.05, 0.1) is 10.5 Å². The molecule has 1 aromatic carbocycles. The summed E-state index contributed by atoms with van der Waals surface area (Å²) < 4.78 is 33.4. The maximum Gasteiger partial charge on any atom is 0.240 e. The molecule has 0 spiro atoms. The summed E-state index contributed by atoms with van der Waals surface area (Å²) in [5, 5.41) is 9.27. The fraction of sp³-hybridized carbons (Fsp3) is 0.333. The zero-order chi connectivity index (χ0) is 18.6. The van der Waals surface area contributed by atoms with Crippen LogP contribution in [-0.4, -0.2) is 25.5 Å². The normalized spacial score (nSPS) is 20.3. The van der Waals surface area contributed by atoms with Gasteiger partial charge in [-0.3, -0.25) is 0 Å². The first-order valence-electron chi connectivity index (χ1n) is 8.27. The number of nitrogens with zero attached hydrogens (tertiary/aromatic N) is 2. The third-order valence-electron chi connectivity index (χ3n) is 4.27. The van der Waals surface area contributed by atoms with Crippen LogP contribution >= 0.6 is 11.6 Å². The first kappa shape index (κ1) is 18.6. The Hall–Kier alpha value is -2.14. The fourth-order valence-electron chi connectivity index (χ4n) is 2.89. The Morgan fingerprint density at radius 2 is 1.81 bits per heavy atom. The Kier molecular flexibility index (Phi) is 5.77. The first-order valence-corrected chi connectivity index (χ1v) is 10.1. The number of benzene rings is 1. The highest BCUT2D eigenvalue weighted by atomic mass is 35.5. The summed E-state index contributed by atoms with van der Waals surface area (Å²) in [5.41, 5.74) is 0.484. The SMILES string of the molecule is N#Cc1ccc(OC2CCC(NS(=O)(=O)c3ccc(Cl)cc3)CC2)nc1. The average Bonchev–Trinajstić information content (AvgIpc) is 2.64. The number of aromatic nitrogens is 1. The molecule has 0 aliphatic heterocycles. The van der Waals surface area contributed by atoms with Crippen LogP contribution in [0.4, 0.5) is 0 Å². The van der Waals surface area contributed by atoms with E-state index in [2.05, 4.69) is 9.71 Å². The molecule has 26 heavy (non-hydrogen) atoms. The minimum Gasteiger partial charge on any atom is -0.474 e. The van der Waals surface area contributed by atoms with E-state index in [1.165, 1.54) is 18.3 Å². The summed E-state index contributed by atoms with van der Waals surface area (Å²) in [7, 11) is -3.55. The Morgan fingerprint density at radius 3 is 2.38 bits per heavy atom. The Balaban J connectivity index is 1.53. The predicted molar refractivity (Wildman–Crippen MR) is 97.4 cm³/mol. The molecule has 1 heterocycles. The van der Waals surface area contributed by atoms with E-state index in [-0.39, 0.29) is 17.0 Å². The van der Waals surface area contributed by atoms with Gasteiger partial charge < -0.3 is 4.74 Å². The van der Waals surface area contributed by atoms with Crippen molar-refractivity contribution >= 4 is 21.6 Å². The third kappa shape index (κ3) is 4.73. The molecule has 136 valence electrons. The molecular weight excluding hydrogens is 374 g/mol. The molecule has 0 bridgehead atoms. The maximum absolute atomic E-state index is 12.4. The minimum absolute atomic E-state index is 0.00767. The predicted octanol–water partition coefficient (Wildman–Crippen LogP) is 3.28. The minimum atomic E-state index is -3.55. The molecule has 0 saturated heterocycles. The molecule has 0 radical (unpaired) electrons. The molecule has 0 amide bonds. The Bertz CT molecular complexity index is 885. The van der Waals surface area contributed by atoms with Crippen molar-refractivity contribution in [1.82, 2.24) is 9.71 Å². The maximum atomic E-state index is 12.4. The number of pyridine rings is 1. The van der Waals surface area contributed by atoms with Crippen molar-refractivity contribution in [2.24, 2.45) is 0 Å². The van der Waals surface area contributed by atoms with Gasteiger partial charge in [-0.15, -0.1) is 0 Å². The molecule has 1 aliphatic carbocycles. The summed E-state index contributed by atoms with van der Waals surface area (Å²) in [4.78, 5) is 4.31. The Labute approximate surface area is 157 Å². The molecule has 1 saturated carbocycles. The van der Waals surface area contributed by atoms with Crippen LogP contribution in [0, 0.1) is 11.3 Å². The van der Waals surface area contributed by atoms with Crippen molar-refractivity contribution in [2.75, 3.05) is 0 Å². The van der Waals surface area contributed by atoms with E-state index in [0.29, 0.717) is 29.3 Å². The van der Waals surface area contributed by atoms with Crippen LogP contribution in [0.25, 0.3) is 0 Å². The van der Waals surface area contributed by atoms with Crippen molar-refractivity contribution in [1.29, 1.82) is 5.26 Å². The number of rotatable bonds is 5. The zero-order valence-corrected chi connectivity index (χ0v) is 15.5. The summed E-state index contributed by atoms with van der Waals surface area (Å²) in [6, 6.07) is 11.3. The van der Waals surface area contributed by atoms with Crippen LogP contribution in [0.2, 0.25) is 5.02 Å². The summed E-state index contributed by atoms with van der Waals surface area (Å²) >= 11 is 5.80.